The number of ketones is 2. The summed E-state index contributed by atoms with van der Waals surface area (Å²) in [5.74, 6) is -8.58. The van der Waals surface area contributed by atoms with Crippen molar-refractivity contribution in [2.75, 3.05) is 25.0 Å². The second kappa shape index (κ2) is 21.1. The fourth-order valence-electron chi connectivity index (χ4n) is 13.4. The molecule has 0 unspecified atom stereocenters. The van der Waals surface area contributed by atoms with Gasteiger partial charge in [0, 0.05) is 72.4 Å². The highest BCUT2D eigenvalue weighted by atomic mass is 19.3. The van der Waals surface area contributed by atoms with E-state index in [1.54, 1.807) is 36.4 Å². The van der Waals surface area contributed by atoms with Gasteiger partial charge in [-0.3, -0.25) is 43.3 Å². The van der Waals surface area contributed by atoms with Crippen LogP contribution in [0.25, 0.3) is 0 Å². The van der Waals surface area contributed by atoms with Gasteiger partial charge < -0.3 is 50.8 Å². The van der Waals surface area contributed by atoms with Gasteiger partial charge in [0.05, 0.1) is 24.3 Å². The maximum Gasteiger partial charge on any atom is 0.407 e. The number of alkyl carbamates (subject to hydrolysis) is 1. The number of imide groups is 1. The Hall–Kier alpha value is -7.01. The van der Waals surface area contributed by atoms with Crippen LogP contribution in [-0.2, 0) is 65.6 Å². The lowest BCUT2D eigenvalue weighted by atomic mass is 9.46. The van der Waals surface area contributed by atoms with E-state index in [0.29, 0.717) is 36.0 Å². The number of aliphatic carboxylic acids is 1. The first-order chi connectivity index (χ1) is 36.5. The lowest BCUT2D eigenvalue weighted by Crippen LogP contribution is -2.63. The Bertz CT molecular complexity index is 2830. The average Bonchev–Trinajstić information content (AvgIpc) is 3.92. The molecule has 0 radical (unpaired) electrons. The van der Waals surface area contributed by atoms with E-state index < -0.39 is 132 Å². The van der Waals surface area contributed by atoms with E-state index in [-0.39, 0.29) is 68.1 Å². The number of fused-ring (bicyclic) bond motifs is 7. The van der Waals surface area contributed by atoms with Gasteiger partial charge >= 0.3 is 12.1 Å². The molecule has 2 heterocycles. The molecule has 20 nitrogen and oxygen atoms in total. The molecule has 0 spiro atoms. The predicted molar refractivity (Wildman–Crippen MR) is 265 cm³/mol. The lowest BCUT2D eigenvalue weighted by molar-refractivity contribution is -0.201. The number of aliphatic hydroxyl groups is 2. The Morgan fingerprint density at radius 3 is 2.26 bits per heavy atom. The number of Topliss-reactive ketones (excluding diaryl/α,β-unsaturated/α-hetero) is 1. The summed E-state index contributed by atoms with van der Waals surface area (Å²) in [6.07, 6.45) is 3.42. The smallest absolute Gasteiger partial charge is 0.407 e. The zero-order valence-electron chi connectivity index (χ0n) is 42.4. The van der Waals surface area contributed by atoms with Gasteiger partial charge in [0.25, 0.3) is 17.7 Å². The summed E-state index contributed by atoms with van der Waals surface area (Å²) in [6, 6.07) is 11.4. The van der Waals surface area contributed by atoms with Gasteiger partial charge in [-0.05, 0) is 85.8 Å². The maximum atomic E-state index is 14.6. The first-order valence-corrected chi connectivity index (χ1v) is 25.7. The van der Waals surface area contributed by atoms with E-state index in [0.717, 1.165) is 22.6 Å². The number of benzene rings is 2. The average molecular weight is 1070 g/mol. The van der Waals surface area contributed by atoms with Crippen molar-refractivity contribution in [3.8, 4) is 0 Å². The number of allylic oxidation sites excluding steroid dienone is 4. The summed E-state index contributed by atoms with van der Waals surface area (Å²) in [6.45, 7) is 2.13. The quantitative estimate of drug-likeness (QED) is 0.0989. The molecular weight excluding hydrogens is 1010 g/mol. The van der Waals surface area contributed by atoms with Crippen molar-refractivity contribution >= 4 is 58.9 Å². The standard InChI is InChI=1S/C55H61F2N5O15/c1-51-19-17-35(64)21-33(51)9-12-36-37-22-41-55(40(66)26-63,52(37,2)24-39(65)47(36)51)77-49(76-41)32-7-3-30(4-8-32)23-53(28-54(56,57)29-53)61-50(74)75-27-31-5-10-34(11-6-31)59-48(73)38(13-16-46(71)72)60-43(68)25-58-42(67)18-20-62-44(69)14-15-45(62)70/h3-8,10-11,14-15,17,19,21,36-39,41,47,49,63,65H,9,12-13,16,18,20,22-29H2,1-2H3,(H,58,67)(H,59,73)(H,60,68)(H,61,74)(H,71,72)/t36-,37-,38-,39-,41+,47+,49+,51-,52-,55+/m0/s1. The Kier molecular flexibility index (Phi) is 15.0. The number of aliphatic hydroxyl groups excluding tert-OH is 2. The van der Waals surface area contributed by atoms with Gasteiger partial charge in [-0.2, -0.15) is 0 Å². The molecule has 9 rings (SSSR count). The third-order valence-corrected chi connectivity index (χ3v) is 16.9. The van der Waals surface area contributed by atoms with Crippen LogP contribution in [0, 0.1) is 28.6 Å². The minimum absolute atomic E-state index is 0.0134. The number of rotatable bonds is 19. The molecular formula is C55H61F2N5O15. The number of hydrogen-bond acceptors (Lipinski definition) is 14. The molecule has 1 saturated heterocycles. The summed E-state index contributed by atoms with van der Waals surface area (Å²) in [4.78, 5) is 113. The van der Waals surface area contributed by atoms with Crippen molar-refractivity contribution in [2.24, 2.45) is 28.6 Å². The summed E-state index contributed by atoms with van der Waals surface area (Å²) in [5.41, 5.74) is -1.54. The number of carboxylic acids is 1. The number of hydrogen-bond donors (Lipinski definition) is 7. The highest BCUT2D eigenvalue weighted by Gasteiger charge is 2.76. The van der Waals surface area contributed by atoms with Crippen LogP contribution in [0.1, 0.15) is 94.6 Å². The number of carbonyl (C=O) groups excluding carboxylic acids is 8. The number of amides is 6. The molecule has 6 amide bonds. The zero-order chi connectivity index (χ0) is 55.2. The van der Waals surface area contributed by atoms with E-state index in [1.165, 1.54) is 24.3 Å². The summed E-state index contributed by atoms with van der Waals surface area (Å²) in [7, 11) is 0. The van der Waals surface area contributed by atoms with E-state index in [9.17, 15) is 67.3 Å². The van der Waals surface area contributed by atoms with Crippen LogP contribution < -0.4 is 21.3 Å². The highest BCUT2D eigenvalue weighted by Crippen LogP contribution is 2.70. The Labute approximate surface area is 441 Å². The maximum absolute atomic E-state index is 14.6. The van der Waals surface area contributed by atoms with Crippen molar-refractivity contribution in [2.45, 2.75) is 126 Å². The van der Waals surface area contributed by atoms with Crippen LogP contribution in [0.15, 0.2) is 84.5 Å². The molecule has 22 heteroatoms. The summed E-state index contributed by atoms with van der Waals surface area (Å²) >= 11 is 0. The normalized spacial score (nSPS) is 30.4. The van der Waals surface area contributed by atoms with E-state index in [4.69, 9.17) is 14.2 Å². The van der Waals surface area contributed by atoms with Crippen LogP contribution in [0.3, 0.4) is 0 Å². The molecule has 4 saturated carbocycles. The highest BCUT2D eigenvalue weighted by molar-refractivity contribution is 6.13. The minimum Gasteiger partial charge on any atom is -0.481 e. The number of anilines is 1. The molecule has 7 N–H and O–H groups in total. The van der Waals surface area contributed by atoms with Crippen LogP contribution in [0.2, 0.25) is 0 Å². The monoisotopic (exact) mass is 1070 g/mol. The molecule has 7 aliphatic rings. The van der Waals surface area contributed by atoms with Gasteiger partial charge in [-0.25, -0.2) is 13.6 Å². The van der Waals surface area contributed by atoms with Crippen molar-refractivity contribution in [1.82, 2.24) is 20.9 Å². The van der Waals surface area contributed by atoms with Crippen LogP contribution >= 0.6 is 0 Å². The lowest BCUT2D eigenvalue weighted by Gasteiger charge is -2.59. The van der Waals surface area contributed by atoms with Gasteiger partial charge in [0.15, 0.2) is 23.5 Å². The molecule has 410 valence electrons. The first kappa shape index (κ1) is 54.8. The molecule has 0 aromatic heterocycles. The number of ether oxygens (including phenoxy) is 3. The summed E-state index contributed by atoms with van der Waals surface area (Å²) in [5, 5.41) is 41.5. The second-order valence-corrected chi connectivity index (χ2v) is 21.9. The molecule has 77 heavy (non-hydrogen) atoms. The Balaban J connectivity index is 0.775. The zero-order valence-corrected chi connectivity index (χ0v) is 42.4. The molecule has 2 aliphatic heterocycles. The number of nitrogens with one attached hydrogen (secondary N) is 4. The van der Waals surface area contributed by atoms with Gasteiger partial charge in [-0.1, -0.05) is 61.9 Å². The first-order valence-electron chi connectivity index (χ1n) is 25.7. The number of carbonyl (C=O) groups is 9. The van der Waals surface area contributed by atoms with Crippen molar-refractivity contribution in [1.29, 1.82) is 0 Å². The van der Waals surface area contributed by atoms with Crippen molar-refractivity contribution in [3.63, 3.8) is 0 Å². The topological polar surface area (TPSA) is 293 Å². The molecule has 5 aliphatic carbocycles. The van der Waals surface area contributed by atoms with E-state index in [1.807, 2.05) is 13.0 Å². The fourth-order valence-corrected chi connectivity index (χ4v) is 13.4. The predicted octanol–water partition coefficient (Wildman–Crippen LogP) is 3.65. The van der Waals surface area contributed by atoms with E-state index >= 15 is 0 Å². The summed E-state index contributed by atoms with van der Waals surface area (Å²) < 4.78 is 47.9. The number of carboxylic acid groups (broad SMARTS) is 1. The third kappa shape index (κ3) is 10.7. The number of nitrogens with zero attached hydrogens (tertiary/aromatic N) is 1. The molecule has 0 bridgehead atoms. The molecule has 2 aromatic carbocycles. The number of halogens is 2. The molecule has 10 atom stereocenters. The van der Waals surface area contributed by atoms with Crippen molar-refractivity contribution in [3.05, 3.63) is 101 Å². The minimum atomic E-state index is -3.05. The molecule has 5 fully saturated rings. The van der Waals surface area contributed by atoms with E-state index in [2.05, 4.69) is 28.2 Å². The fraction of sp³-hybridized carbons (Fsp3) is 0.509. The van der Waals surface area contributed by atoms with Gasteiger partial charge in [-0.15, -0.1) is 0 Å². The third-order valence-electron chi connectivity index (χ3n) is 16.9. The van der Waals surface area contributed by atoms with Crippen LogP contribution in [-0.4, -0.2) is 128 Å². The van der Waals surface area contributed by atoms with Crippen LogP contribution in [0.5, 0.6) is 0 Å². The molecule has 2 aromatic rings. The second-order valence-electron chi connectivity index (χ2n) is 21.9. The Morgan fingerprint density at radius 1 is 0.909 bits per heavy atom. The van der Waals surface area contributed by atoms with Gasteiger partial charge in [0.1, 0.15) is 19.3 Å². The van der Waals surface area contributed by atoms with Crippen LogP contribution in [0.4, 0.5) is 19.3 Å². The number of alkyl halides is 2. The van der Waals surface area contributed by atoms with Crippen molar-refractivity contribution < 1.29 is 81.5 Å². The Morgan fingerprint density at radius 2 is 1.60 bits per heavy atom. The SMILES string of the molecule is C[C@]12C=CC(=O)C=C1CC[C@@H]1[C@@H]2[C@@H](O)C[C@@]2(C)[C@H]1C[C@H]1O[C@@H](c3ccc(CC4(NC(=O)OCc5ccc(NC(=O)[C@H](CCC(=O)O)NC(=O)CNC(=O)CCN6C(=O)C=CC6=O)cc5)CC(F)(F)C4)cc3)O[C@]12C(=O)CO. The largest absolute Gasteiger partial charge is 0.481 e. The van der Waals surface area contributed by atoms with Gasteiger partial charge in [0.2, 0.25) is 17.7 Å².